The predicted octanol–water partition coefficient (Wildman–Crippen LogP) is 1.02. The summed E-state index contributed by atoms with van der Waals surface area (Å²) in [5, 5.41) is 3.01. The van der Waals surface area contributed by atoms with Crippen molar-refractivity contribution in [1.29, 1.82) is 0 Å². The molecule has 0 aromatic rings. The van der Waals surface area contributed by atoms with E-state index < -0.39 is 0 Å². The van der Waals surface area contributed by atoms with E-state index in [2.05, 4.69) is 5.32 Å². The Bertz CT molecular complexity index is 340. The largest absolute Gasteiger partial charge is 0.352 e. The number of nitrogens with one attached hydrogen (secondary N) is 1. The third kappa shape index (κ3) is 4.20. The van der Waals surface area contributed by atoms with Crippen LogP contribution >= 0.6 is 0 Å². The summed E-state index contributed by atoms with van der Waals surface area (Å²) in [6, 6.07) is 0.132. The summed E-state index contributed by atoms with van der Waals surface area (Å²) in [7, 11) is 0. The highest BCUT2D eigenvalue weighted by Crippen LogP contribution is 2.26. The van der Waals surface area contributed by atoms with Crippen molar-refractivity contribution < 1.29 is 9.59 Å². The van der Waals surface area contributed by atoms with Gasteiger partial charge in [0.05, 0.1) is 0 Å². The number of carbonyl (C=O) groups is 2. The van der Waals surface area contributed by atoms with Crippen molar-refractivity contribution >= 4 is 11.8 Å². The van der Waals surface area contributed by atoms with Crippen molar-refractivity contribution in [3.05, 3.63) is 0 Å². The van der Waals surface area contributed by atoms with E-state index in [0.717, 1.165) is 32.2 Å². The summed E-state index contributed by atoms with van der Waals surface area (Å²) in [4.78, 5) is 26.0. The first-order valence-corrected chi connectivity index (χ1v) is 7.99. The molecule has 2 amide bonds. The van der Waals surface area contributed by atoms with E-state index in [1.807, 2.05) is 4.90 Å². The molecule has 0 aromatic carbocycles. The summed E-state index contributed by atoms with van der Waals surface area (Å²) in [6.45, 7) is 2.02. The van der Waals surface area contributed by atoms with Crippen LogP contribution in [0.4, 0.5) is 0 Å². The molecule has 0 radical (unpaired) electrons. The van der Waals surface area contributed by atoms with E-state index in [9.17, 15) is 9.59 Å². The smallest absolute Gasteiger partial charge is 0.225 e. The third-order valence-corrected chi connectivity index (χ3v) is 4.43. The van der Waals surface area contributed by atoms with Gasteiger partial charge in [-0.1, -0.05) is 19.3 Å². The van der Waals surface area contributed by atoms with Crippen molar-refractivity contribution in [3.8, 4) is 0 Å². The van der Waals surface area contributed by atoms with Crippen LogP contribution in [-0.4, -0.2) is 42.4 Å². The Kier molecular flexibility index (Phi) is 5.83. The highest BCUT2D eigenvalue weighted by atomic mass is 16.2. The fourth-order valence-corrected chi connectivity index (χ4v) is 3.25. The van der Waals surface area contributed by atoms with Crippen LogP contribution in [0, 0.1) is 5.92 Å². The molecular weight excluding hydrogens is 254 g/mol. The van der Waals surface area contributed by atoms with Crippen molar-refractivity contribution in [3.63, 3.8) is 0 Å². The van der Waals surface area contributed by atoms with Gasteiger partial charge in [-0.2, -0.15) is 0 Å². The molecule has 1 heterocycles. The lowest BCUT2D eigenvalue weighted by Crippen LogP contribution is -2.40. The van der Waals surface area contributed by atoms with Crippen molar-refractivity contribution in [1.82, 2.24) is 10.2 Å². The molecule has 2 rings (SSSR count). The maximum Gasteiger partial charge on any atom is 0.225 e. The molecule has 1 unspecified atom stereocenters. The minimum absolute atomic E-state index is 0.0624. The van der Waals surface area contributed by atoms with Gasteiger partial charge in [-0.15, -0.1) is 0 Å². The SMILES string of the molecule is NCCCC(=O)NC1CCN(C(=O)C2CCCCC2)C1. The molecule has 2 fully saturated rings. The van der Waals surface area contributed by atoms with Gasteiger partial charge in [0.2, 0.25) is 11.8 Å². The Balaban J connectivity index is 1.73. The molecule has 5 heteroatoms. The number of rotatable bonds is 5. The highest BCUT2D eigenvalue weighted by Gasteiger charge is 2.31. The number of nitrogens with zero attached hydrogens (tertiary/aromatic N) is 1. The summed E-state index contributed by atoms with van der Waals surface area (Å²) in [6.07, 6.45) is 7.82. The predicted molar refractivity (Wildman–Crippen MR) is 78.0 cm³/mol. The molecule has 5 nitrogen and oxygen atoms in total. The van der Waals surface area contributed by atoms with E-state index in [0.29, 0.717) is 25.4 Å². The Hall–Kier alpha value is -1.10. The van der Waals surface area contributed by atoms with Gasteiger partial charge >= 0.3 is 0 Å². The van der Waals surface area contributed by atoms with Gasteiger partial charge in [0.1, 0.15) is 0 Å². The zero-order chi connectivity index (χ0) is 14.4. The standard InChI is InChI=1S/C15H27N3O2/c16-9-4-7-14(19)17-13-8-10-18(11-13)15(20)12-5-2-1-3-6-12/h12-13H,1-11,16H2,(H,17,19). The monoisotopic (exact) mass is 281 g/mol. The van der Waals surface area contributed by atoms with Gasteiger partial charge in [-0.05, 0) is 32.2 Å². The lowest BCUT2D eigenvalue weighted by molar-refractivity contribution is -0.135. The second-order valence-electron chi connectivity index (χ2n) is 6.06. The molecule has 2 aliphatic rings. The molecular formula is C15H27N3O2. The number of hydrogen-bond donors (Lipinski definition) is 2. The summed E-state index contributed by atoms with van der Waals surface area (Å²) < 4.78 is 0. The fraction of sp³-hybridized carbons (Fsp3) is 0.867. The second-order valence-corrected chi connectivity index (χ2v) is 6.06. The fourth-order valence-electron chi connectivity index (χ4n) is 3.25. The van der Waals surface area contributed by atoms with Gasteiger partial charge in [0, 0.05) is 31.5 Å². The lowest BCUT2D eigenvalue weighted by Gasteiger charge is -2.26. The number of nitrogens with two attached hydrogens (primary N) is 1. The van der Waals surface area contributed by atoms with Gasteiger partial charge in [0.15, 0.2) is 0 Å². The molecule has 1 saturated heterocycles. The molecule has 1 aliphatic carbocycles. The van der Waals surface area contributed by atoms with Crippen LogP contribution in [0.3, 0.4) is 0 Å². The average molecular weight is 281 g/mol. The number of hydrogen-bond acceptors (Lipinski definition) is 3. The van der Waals surface area contributed by atoms with Gasteiger partial charge < -0.3 is 16.0 Å². The van der Waals surface area contributed by atoms with E-state index in [1.54, 1.807) is 0 Å². The highest BCUT2D eigenvalue weighted by molar-refractivity contribution is 5.80. The number of carbonyl (C=O) groups excluding carboxylic acids is 2. The van der Waals surface area contributed by atoms with Crippen LogP contribution in [0.25, 0.3) is 0 Å². The maximum atomic E-state index is 12.4. The molecule has 1 saturated carbocycles. The minimum atomic E-state index is 0.0624. The normalized spacial score (nSPS) is 23.9. The van der Waals surface area contributed by atoms with E-state index in [1.165, 1.54) is 19.3 Å². The quantitative estimate of drug-likeness (QED) is 0.790. The second kappa shape index (κ2) is 7.62. The zero-order valence-corrected chi connectivity index (χ0v) is 12.3. The molecule has 3 N–H and O–H groups in total. The van der Waals surface area contributed by atoms with Crippen molar-refractivity contribution in [2.45, 2.75) is 57.4 Å². The van der Waals surface area contributed by atoms with Crippen LogP contribution < -0.4 is 11.1 Å². The molecule has 0 bridgehead atoms. The van der Waals surface area contributed by atoms with E-state index in [4.69, 9.17) is 5.73 Å². The topological polar surface area (TPSA) is 75.4 Å². The number of likely N-dealkylation sites (tertiary alicyclic amines) is 1. The molecule has 1 aliphatic heterocycles. The number of amides is 2. The van der Waals surface area contributed by atoms with Crippen molar-refractivity contribution in [2.75, 3.05) is 19.6 Å². The van der Waals surface area contributed by atoms with Gasteiger partial charge in [0.25, 0.3) is 0 Å². The molecule has 20 heavy (non-hydrogen) atoms. The van der Waals surface area contributed by atoms with E-state index >= 15 is 0 Å². The maximum absolute atomic E-state index is 12.4. The first-order valence-electron chi connectivity index (χ1n) is 7.99. The lowest BCUT2D eigenvalue weighted by atomic mass is 9.88. The Morgan fingerprint density at radius 2 is 1.90 bits per heavy atom. The molecule has 0 aromatic heterocycles. The zero-order valence-electron chi connectivity index (χ0n) is 12.3. The van der Waals surface area contributed by atoms with Gasteiger partial charge in [-0.3, -0.25) is 9.59 Å². The van der Waals surface area contributed by atoms with Crippen LogP contribution in [-0.2, 0) is 9.59 Å². The Morgan fingerprint density at radius 3 is 2.60 bits per heavy atom. The average Bonchev–Trinajstić information content (AvgIpc) is 2.93. The summed E-state index contributed by atoms with van der Waals surface area (Å²) >= 11 is 0. The van der Waals surface area contributed by atoms with Crippen LogP contribution in [0.5, 0.6) is 0 Å². The first kappa shape index (κ1) is 15.3. The van der Waals surface area contributed by atoms with Crippen molar-refractivity contribution in [2.24, 2.45) is 11.7 Å². The first-order chi connectivity index (χ1) is 9.70. The molecule has 1 atom stereocenters. The minimum Gasteiger partial charge on any atom is -0.352 e. The van der Waals surface area contributed by atoms with Crippen LogP contribution in [0.2, 0.25) is 0 Å². The Morgan fingerprint density at radius 1 is 1.15 bits per heavy atom. The third-order valence-electron chi connectivity index (χ3n) is 4.43. The molecule has 0 spiro atoms. The summed E-state index contributed by atoms with van der Waals surface area (Å²) in [5.41, 5.74) is 5.40. The van der Waals surface area contributed by atoms with E-state index in [-0.39, 0.29) is 17.9 Å². The Labute approximate surface area is 121 Å². The van der Waals surface area contributed by atoms with Crippen LogP contribution in [0.15, 0.2) is 0 Å². The molecule has 114 valence electrons. The van der Waals surface area contributed by atoms with Gasteiger partial charge in [-0.25, -0.2) is 0 Å². The summed E-state index contributed by atoms with van der Waals surface area (Å²) in [5.74, 6) is 0.603. The van der Waals surface area contributed by atoms with Crippen LogP contribution in [0.1, 0.15) is 51.4 Å².